The molecule has 0 amide bonds. The second-order valence-electron chi connectivity index (χ2n) is 15.8. The van der Waals surface area contributed by atoms with E-state index in [1.54, 1.807) is 0 Å². The van der Waals surface area contributed by atoms with Crippen LogP contribution in [-0.4, -0.2) is 77.6 Å². The Bertz CT molecular complexity index is 2100. The van der Waals surface area contributed by atoms with Crippen molar-refractivity contribution < 1.29 is 18.4 Å². The van der Waals surface area contributed by atoms with Gasteiger partial charge in [0, 0.05) is 28.3 Å². The summed E-state index contributed by atoms with van der Waals surface area (Å²) < 4.78 is 15.4. The lowest BCUT2D eigenvalue weighted by molar-refractivity contribution is -0.870. The van der Waals surface area contributed by atoms with Crippen molar-refractivity contribution in [2.45, 2.75) is 13.8 Å². The largest absolute Gasteiger partial charge is 0.487 e. The fourth-order valence-electron chi connectivity index (χ4n) is 7.32. The Kier molecular flexibility index (Phi) is 8.80. The molecule has 0 atom stereocenters. The van der Waals surface area contributed by atoms with Gasteiger partial charge in [0.05, 0.1) is 42.3 Å². The highest BCUT2D eigenvalue weighted by molar-refractivity contribution is 6.18. The lowest BCUT2D eigenvalue weighted by Crippen LogP contribution is -2.38. The molecule has 0 aliphatic rings. The zero-order chi connectivity index (χ0) is 35.2. The number of nitrogens with zero attached hydrogens (tertiary/aromatic N) is 2. The van der Waals surface area contributed by atoms with Crippen LogP contribution >= 0.6 is 0 Å². The zero-order valence-corrected chi connectivity index (χ0v) is 30.9. The van der Waals surface area contributed by atoms with Crippen molar-refractivity contribution in [3.8, 4) is 33.8 Å². The molecule has 0 aliphatic heterocycles. The van der Waals surface area contributed by atoms with Gasteiger partial charge in [0.2, 0.25) is 0 Å². The first-order chi connectivity index (χ1) is 23.9. The lowest BCUT2D eigenvalue weighted by Gasteiger charge is -2.26. The monoisotopic (exact) mass is 662 g/mol. The van der Waals surface area contributed by atoms with E-state index in [1.807, 2.05) is 0 Å². The topological polar surface area (TPSA) is 18.5 Å². The Balaban J connectivity index is 1.60. The number of benzene rings is 7. The molecule has 7 rings (SSSR count). The predicted octanol–water partition coefficient (Wildman–Crippen LogP) is 10.4. The molecule has 0 heterocycles. The molecule has 254 valence electrons. The van der Waals surface area contributed by atoms with Gasteiger partial charge in [-0.3, -0.25) is 0 Å². The summed E-state index contributed by atoms with van der Waals surface area (Å²) in [6.07, 6.45) is 0. The van der Waals surface area contributed by atoms with E-state index in [2.05, 4.69) is 165 Å². The summed E-state index contributed by atoms with van der Waals surface area (Å²) in [6, 6.07) is 39.8. The summed E-state index contributed by atoms with van der Waals surface area (Å²) in [6.45, 7) is 7.42. The summed E-state index contributed by atoms with van der Waals surface area (Å²) in [7, 11) is 13.3. The minimum absolute atomic E-state index is 0.590. The molecule has 0 aromatic heterocycles. The molecule has 4 nitrogen and oxygen atoms in total. The molecule has 0 aliphatic carbocycles. The normalized spacial score (nSPS) is 12.3. The smallest absolute Gasteiger partial charge is 0.137 e. The van der Waals surface area contributed by atoms with Gasteiger partial charge < -0.3 is 18.4 Å². The molecule has 0 N–H and O–H groups in total. The SMILES string of the molecule is Cc1c2ccccc2c(-c2cc(-c3c4ccccc4c(C)c4ccccc34)c(OCC[N+](C)(C)C)cc2OCC[N+](C)(C)C)c2ccccc12. The van der Waals surface area contributed by atoms with E-state index in [4.69, 9.17) is 9.47 Å². The number of fused-ring (bicyclic) bond motifs is 4. The summed E-state index contributed by atoms with van der Waals surface area (Å²) in [5.74, 6) is 1.70. The van der Waals surface area contributed by atoms with Crippen molar-refractivity contribution in [1.82, 2.24) is 0 Å². The van der Waals surface area contributed by atoms with Crippen LogP contribution in [0.2, 0.25) is 0 Å². The Hall–Kier alpha value is -4.90. The van der Waals surface area contributed by atoms with Gasteiger partial charge in [-0.1, -0.05) is 97.1 Å². The fraction of sp³-hybridized carbons (Fsp3) is 0.261. The first-order valence-electron chi connectivity index (χ1n) is 17.8. The van der Waals surface area contributed by atoms with E-state index in [0.717, 1.165) is 44.7 Å². The third kappa shape index (κ3) is 6.42. The summed E-state index contributed by atoms with van der Waals surface area (Å²) in [4.78, 5) is 0. The van der Waals surface area contributed by atoms with Gasteiger partial charge in [0.1, 0.15) is 37.8 Å². The van der Waals surface area contributed by atoms with E-state index in [0.29, 0.717) is 13.2 Å². The number of quaternary nitrogens is 2. The van der Waals surface area contributed by atoms with Gasteiger partial charge in [-0.25, -0.2) is 0 Å². The zero-order valence-electron chi connectivity index (χ0n) is 30.9. The predicted molar refractivity (Wildman–Crippen MR) is 214 cm³/mol. The highest BCUT2D eigenvalue weighted by Crippen LogP contribution is 2.49. The van der Waals surface area contributed by atoms with Crippen LogP contribution in [0, 0.1) is 13.8 Å². The third-order valence-electron chi connectivity index (χ3n) is 10.1. The van der Waals surface area contributed by atoms with Crippen LogP contribution in [0.15, 0.2) is 109 Å². The molecule has 0 saturated carbocycles. The van der Waals surface area contributed by atoms with Crippen LogP contribution in [-0.2, 0) is 0 Å². The number of rotatable bonds is 10. The average Bonchev–Trinajstić information content (AvgIpc) is 3.08. The summed E-state index contributed by atoms with van der Waals surface area (Å²) in [5.41, 5.74) is 7.15. The molecule has 50 heavy (non-hydrogen) atoms. The van der Waals surface area contributed by atoms with Crippen LogP contribution < -0.4 is 9.47 Å². The van der Waals surface area contributed by atoms with Gasteiger partial charge in [0.25, 0.3) is 0 Å². The molecule has 0 radical (unpaired) electrons. The van der Waals surface area contributed by atoms with E-state index in [9.17, 15) is 0 Å². The van der Waals surface area contributed by atoms with E-state index in [1.165, 1.54) is 65.3 Å². The first-order valence-corrected chi connectivity index (χ1v) is 17.8. The van der Waals surface area contributed by atoms with Gasteiger partial charge in [-0.2, -0.15) is 0 Å². The first kappa shape index (κ1) is 33.6. The van der Waals surface area contributed by atoms with Gasteiger partial charge in [-0.05, 0) is 74.1 Å². The maximum Gasteiger partial charge on any atom is 0.137 e. The molecule has 0 spiro atoms. The fourth-order valence-corrected chi connectivity index (χ4v) is 7.32. The molecule has 0 saturated heterocycles. The second-order valence-corrected chi connectivity index (χ2v) is 15.8. The standard InChI is InChI=1S/C46H50N2O2/c1-31-33-17-9-13-21-37(33)45(38-22-14-10-18-34(31)38)41-29-42(44(50-28-26-48(6,7)8)30-43(41)49-27-25-47(3,4)5)46-39-23-15-11-19-35(39)32(2)36-20-12-16-24-40(36)46/h9-24,29-30H,25-28H2,1-8H3/q+2. The van der Waals surface area contributed by atoms with Crippen molar-refractivity contribution in [3.05, 3.63) is 120 Å². The van der Waals surface area contributed by atoms with Gasteiger partial charge >= 0.3 is 0 Å². The Labute approximate surface area is 297 Å². The quantitative estimate of drug-likeness (QED) is 0.107. The highest BCUT2D eigenvalue weighted by Gasteiger charge is 2.24. The average molecular weight is 663 g/mol. The van der Waals surface area contributed by atoms with Gasteiger partial charge in [-0.15, -0.1) is 0 Å². The Morgan fingerprint density at radius 2 is 0.680 bits per heavy atom. The van der Waals surface area contributed by atoms with Crippen LogP contribution in [0.1, 0.15) is 11.1 Å². The van der Waals surface area contributed by atoms with Crippen molar-refractivity contribution in [3.63, 3.8) is 0 Å². The van der Waals surface area contributed by atoms with Crippen LogP contribution in [0.4, 0.5) is 0 Å². The number of aryl methyl sites for hydroxylation is 2. The van der Waals surface area contributed by atoms with Crippen LogP contribution in [0.5, 0.6) is 11.5 Å². The Morgan fingerprint density at radius 1 is 0.400 bits per heavy atom. The Morgan fingerprint density at radius 3 is 0.960 bits per heavy atom. The van der Waals surface area contributed by atoms with Crippen molar-refractivity contribution in [2.24, 2.45) is 0 Å². The van der Waals surface area contributed by atoms with E-state index >= 15 is 0 Å². The molecule has 4 heteroatoms. The number of hydrogen-bond acceptors (Lipinski definition) is 2. The molecule has 7 aromatic rings. The molecule has 7 aromatic carbocycles. The maximum absolute atomic E-state index is 6.87. The van der Waals surface area contributed by atoms with Crippen molar-refractivity contribution in [1.29, 1.82) is 0 Å². The van der Waals surface area contributed by atoms with Crippen LogP contribution in [0.25, 0.3) is 65.3 Å². The summed E-state index contributed by atoms with van der Waals surface area (Å²) >= 11 is 0. The summed E-state index contributed by atoms with van der Waals surface area (Å²) in [5, 5.41) is 9.94. The molecule has 0 unspecified atom stereocenters. The second kappa shape index (κ2) is 13.1. The van der Waals surface area contributed by atoms with Crippen LogP contribution in [0.3, 0.4) is 0 Å². The van der Waals surface area contributed by atoms with Gasteiger partial charge in [0.15, 0.2) is 0 Å². The molecule has 0 bridgehead atoms. The van der Waals surface area contributed by atoms with E-state index in [-0.39, 0.29) is 0 Å². The molecule has 0 fully saturated rings. The van der Waals surface area contributed by atoms with Crippen molar-refractivity contribution in [2.75, 3.05) is 68.6 Å². The highest BCUT2D eigenvalue weighted by atomic mass is 16.5. The third-order valence-corrected chi connectivity index (χ3v) is 10.1. The number of hydrogen-bond donors (Lipinski definition) is 0. The maximum atomic E-state index is 6.87. The molecular weight excluding hydrogens is 613 g/mol. The minimum atomic E-state index is 0.590. The van der Waals surface area contributed by atoms with E-state index < -0.39 is 0 Å². The molecular formula is C46H50N2O2+2. The minimum Gasteiger partial charge on any atom is -0.487 e. The number of ether oxygens (including phenoxy) is 2. The van der Waals surface area contributed by atoms with Crippen molar-refractivity contribution >= 4 is 43.1 Å². The number of likely N-dealkylation sites (N-methyl/N-ethyl adjacent to an activating group) is 2. The lowest BCUT2D eigenvalue weighted by atomic mass is 9.85.